The van der Waals surface area contributed by atoms with Crippen molar-refractivity contribution in [1.29, 1.82) is 0 Å². The molecule has 0 spiro atoms. The smallest absolute Gasteiger partial charge is 0.347 e. The number of nitro groups is 1. The molecule has 0 bridgehead atoms. The quantitative estimate of drug-likeness (QED) is 0.592. The zero-order valence-electron chi connectivity index (χ0n) is 8.06. The zero-order valence-corrected chi connectivity index (χ0v) is 9.65. The van der Waals surface area contributed by atoms with Crippen LogP contribution in [0.5, 0.6) is 0 Å². The van der Waals surface area contributed by atoms with Gasteiger partial charge in [-0.1, -0.05) is 15.9 Å². The molecule has 0 aliphatic carbocycles. The van der Waals surface area contributed by atoms with Crippen LogP contribution in [0, 0.1) is 17.0 Å². The predicted octanol–water partition coefficient (Wildman–Crippen LogP) is 2.17. The number of aryl methyl sites for hydroxylation is 1. The van der Waals surface area contributed by atoms with Gasteiger partial charge in [0, 0.05) is 17.5 Å². The molecule has 0 radical (unpaired) electrons. The lowest BCUT2D eigenvalue weighted by Crippen LogP contribution is -2.05. The molecule has 0 atom stereocenters. The third-order valence-electron chi connectivity index (χ3n) is 1.98. The van der Waals surface area contributed by atoms with Gasteiger partial charge in [0.25, 0.3) is 5.69 Å². The zero-order chi connectivity index (χ0) is 11.9. The van der Waals surface area contributed by atoms with Gasteiger partial charge in [-0.15, -0.1) is 0 Å². The van der Waals surface area contributed by atoms with Crippen LogP contribution in [0.2, 0.25) is 0 Å². The molecule has 82 valence electrons. The normalized spacial score (nSPS) is 10.6. The van der Waals surface area contributed by atoms with Crippen LogP contribution in [0.15, 0.2) is 25.8 Å². The second kappa shape index (κ2) is 3.67. The van der Waals surface area contributed by atoms with Crippen LogP contribution in [0.4, 0.5) is 5.69 Å². The first kappa shape index (κ1) is 10.7. The number of nitrogens with zero attached hydrogens (tertiary/aromatic N) is 2. The minimum absolute atomic E-state index is 0.0435. The molecule has 2 rings (SSSR count). The molecular weight excluding hydrogens is 280 g/mol. The number of nitro benzene ring substituents is 1. The van der Waals surface area contributed by atoms with Crippen molar-refractivity contribution in [3.8, 4) is 0 Å². The Bertz CT molecular complexity index is 650. The average molecular weight is 285 g/mol. The van der Waals surface area contributed by atoms with Gasteiger partial charge in [-0.3, -0.25) is 10.1 Å². The van der Waals surface area contributed by atoms with Crippen molar-refractivity contribution in [2.45, 2.75) is 6.92 Å². The summed E-state index contributed by atoms with van der Waals surface area (Å²) in [6.45, 7) is 1.46. The Morgan fingerprint density at radius 3 is 2.81 bits per heavy atom. The van der Waals surface area contributed by atoms with Crippen LogP contribution in [0.3, 0.4) is 0 Å². The molecule has 0 aliphatic rings. The third kappa shape index (κ3) is 1.69. The predicted molar refractivity (Wildman–Crippen MR) is 59.4 cm³/mol. The molecule has 0 amide bonds. The van der Waals surface area contributed by atoms with Crippen molar-refractivity contribution in [2.75, 3.05) is 0 Å². The summed E-state index contributed by atoms with van der Waals surface area (Å²) in [5.74, 6) is 0.0999. The van der Waals surface area contributed by atoms with E-state index in [4.69, 9.17) is 4.42 Å². The van der Waals surface area contributed by atoms with Crippen molar-refractivity contribution < 1.29 is 9.34 Å². The lowest BCUT2D eigenvalue weighted by atomic mass is 10.2. The maximum Gasteiger partial charge on any atom is 0.347 e. The Morgan fingerprint density at radius 1 is 1.50 bits per heavy atom. The summed E-state index contributed by atoms with van der Waals surface area (Å²) in [4.78, 5) is 25.6. The Balaban J connectivity index is 3.01. The van der Waals surface area contributed by atoms with E-state index in [1.807, 2.05) is 0 Å². The first-order chi connectivity index (χ1) is 7.49. The molecule has 1 heterocycles. The minimum atomic E-state index is -0.633. The van der Waals surface area contributed by atoms with Crippen LogP contribution < -0.4 is 5.63 Å². The fraction of sp³-hybridized carbons (Fsp3) is 0.111. The molecule has 0 aliphatic heterocycles. The highest BCUT2D eigenvalue weighted by Gasteiger charge is 2.17. The van der Waals surface area contributed by atoms with E-state index >= 15 is 0 Å². The van der Waals surface area contributed by atoms with Crippen molar-refractivity contribution in [3.63, 3.8) is 0 Å². The molecule has 0 saturated heterocycles. The van der Waals surface area contributed by atoms with E-state index in [0.29, 0.717) is 4.47 Å². The molecule has 1 aromatic carbocycles. The Hall–Kier alpha value is -1.76. The number of hydrogen-bond donors (Lipinski definition) is 0. The molecular formula is C9H5BrN2O4. The molecule has 16 heavy (non-hydrogen) atoms. The van der Waals surface area contributed by atoms with Gasteiger partial charge in [0.2, 0.25) is 0 Å². The summed E-state index contributed by atoms with van der Waals surface area (Å²) in [6.07, 6.45) is 0. The van der Waals surface area contributed by atoms with E-state index in [1.54, 1.807) is 0 Å². The summed E-state index contributed by atoms with van der Waals surface area (Å²) in [6, 6.07) is 2.74. The standard InChI is InChI=1S/C9H5BrN2O4/c1-4-11-8-6(9(13)16-4)2-5(10)3-7(8)12(14)15/h2-3H,1H3. The molecule has 2 aromatic rings. The topological polar surface area (TPSA) is 86.2 Å². The number of aromatic nitrogens is 1. The fourth-order valence-electron chi connectivity index (χ4n) is 1.37. The van der Waals surface area contributed by atoms with Crippen LogP contribution in [0.1, 0.15) is 5.89 Å². The monoisotopic (exact) mass is 284 g/mol. The van der Waals surface area contributed by atoms with E-state index in [-0.39, 0.29) is 22.5 Å². The summed E-state index contributed by atoms with van der Waals surface area (Å²) in [5.41, 5.74) is -0.811. The molecule has 0 fully saturated rings. The van der Waals surface area contributed by atoms with Gasteiger partial charge in [0.05, 0.1) is 10.3 Å². The van der Waals surface area contributed by atoms with Gasteiger partial charge in [-0.2, -0.15) is 0 Å². The second-order valence-electron chi connectivity index (χ2n) is 3.10. The second-order valence-corrected chi connectivity index (χ2v) is 4.01. The largest absolute Gasteiger partial charge is 0.408 e. The van der Waals surface area contributed by atoms with Gasteiger partial charge < -0.3 is 4.42 Å². The minimum Gasteiger partial charge on any atom is -0.408 e. The number of fused-ring (bicyclic) bond motifs is 1. The number of benzene rings is 1. The summed E-state index contributed by atoms with van der Waals surface area (Å²) in [5, 5.41) is 10.9. The summed E-state index contributed by atoms with van der Waals surface area (Å²) < 4.78 is 5.20. The average Bonchev–Trinajstić information content (AvgIpc) is 2.18. The molecule has 6 nitrogen and oxygen atoms in total. The van der Waals surface area contributed by atoms with Crippen molar-refractivity contribution >= 4 is 32.5 Å². The van der Waals surface area contributed by atoms with E-state index in [1.165, 1.54) is 19.1 Å². The van der Waals surface area contributed by atoms with Crippen molar-refractivity contribution in [3.05, 3.63) is 43.0 Å². The van der Waals surface area contributed by atoms with Gasteiger partial charge in [-0.05, 0) is 6.07 Å². The molecule has 0 unspecified atom stereocenters. The van der Waals surface area contributed by atoms with E-state index in [0.717, 1.165) is 0 Å². The number of rotatable bonds is 1. The van der Waals surface area contributed by atoms with Crippen molar-refractivity contribution in [1.82, 2.24) is 4.98 Å². The highest BCUT2D eigenvalue weighted by Crippen LogP contribution is 2.26. The van der Waals surface area contributed by atoms with E-state index in [9.17, 15) is 14.9 Å². The first-order valence-corrected chi connectivity index (χ1v) is 5.04. The van der Waals surface area contributed by atoms with Gasteiger partial charge in [0.1, 0.15) is 0 Å². The number of non-ortho nitro benzene ring substituents is 1. The molecule has 1 aromatic heterocycles. The van der Waals surface area contributed by atoms with Gasteiger partial charge in [-0.25, -0.2) is 9.78 Å². The summed E-state index contributed by atoms with van der Waals surface area (Å²) >= 11 is 3.09. The van der Waals surface area contributed by atoms with Crippen LogP contribution in [-0.2, 0) is 0 Å². The molecule has 7 heteroatoms. The van der Waals surface area contributed by atoms with Gasteiger partial charge >= 0.3 is 5.63 Å². The number of halogens is 1. The maximum atomic E-state index is 11.5. The SMILES string of the molecule is Cc1nc2c([N+](=O)[O-])cc(Br)cc2c(=O)o1. The van der Waals surface area contributed by atoms with Crippen LogP contribution in [0.25, 0.3) is 10.9 Å². The lowest BCUT2D eigenvalue weighted by molar-refractivity contribution is -0.383. The highest BCUT2D eigenvalue weighted by molar-refractivity contribution is 9.10. The third-order valence-corrected chi connectivity index (χ3v) is 2.44. The van der Waals surface area contributed by atoms with Crippen molar-refractivity contribution in [2.24, 2.45) is 0 Å². The van der Waals surface area contributed by atoms with Crippen LogP contribution >= 0.6 is 15.9 Å². The van der Waals surface area contributed by atoms with Crippen LogP contribution in [-0.4, -0.2) is 9.91 Å². The fourth-order valence-corrected chi connectivity index (χ4v) is 1.81. The van der Waals surface area contributed by atoms with Gasteiger partial charge in [0.15, 0.2) is 11.4 Å². The van der Waals surface area contributed by atoms with E-state index in [2.05, 4.69) is 20.9 Å². The summed E-state index contributed by atoms with van der Waals surface area (Å²) in [7, 11) is 0. The maximum absolute atomic E-state index is 11.5. The first-order valence-electron chi connectivity index (χ1n) is 4.24. The Labute approximate surface area is 97.2 Å². The Kier molecular flexibility index (Phi) is 2.47. The molecule has 0 saturated carbocycles. The lowest BCUT2D eigenvalue weighted by Gasteiger charge is -1.99. The highest BCUT2D eigenvalue weighted by atomic mass is 79.9. The molecule has 0 N–H and O–H groups in total. The van der Waals surface area contributed by atoms with E-state index < -0.39 is 10.5 Å². The number of hydrogen-bond acceptors (Lipinski definition) is 5. The Morgan fingerprint density at radius 2 is 2.19 bits per heavy atom.